The number of benzene rings is 2. The van der Waals surface area contributed by atoms with Gasteiger partial charge in [-0.05, 0) is 29.9 Å². The lowest BCUT2D eigenvalue weighted by Gasteiger charge is -2.42. The Morgan fingerprint density at radius 3 is 2.47 bits per heavy atom. The van der Waals surface area contributed by atoms with Crippen molar-refractivity contribution in [3.05, 3.63) is 83.5 Å². The van der Waals surface area contributed by atoms with E-state index in [9.17, 15) is 4.79 Å². The first-order chi connectivity index (χ1) is 15.6. The molecule has 0 saturated carbocycles. The van der Waals surface area contributed by atoms with E-state index in [1.807, 2.05) is 30.0 Å². The number of aryl methyl sites for hydroxylation is 2. The normalized spacial score (nSPS) is 23.3. The Labute approximate surface area is 189 Å². The van der Waals surface area contributed by atoms with E-state index in [1.165, 1.54) is 11.1 Å². The van der Waals surface area contributed by atoms with Crippen LogP contribution < -0.4 is 0 Å². The van der Waals surface area contributed by atoms with Crippen molar-refractivity contribution in [1.82, 2.24) is 19.9 Å². The van der Waals surface area contributed by atoms with E-state index in [0.29, 0.717) is 24.8 Å². The van der Waals surface area contributed by atoms with Crippen LogP contribution in [0.2, 0.25) is 0 Å². The molecule has 2 aromatic carbocycles. The van der Waals surface area contributed by atoms with Gasteiger partial charge in [0.1, 0.15) is 0 Å². The number of hydrogen-bond donors (Lipinski definition) is 0. The molecule has 166 valence electrons. The lowest BCUT2D eigenvalue weighted by atomic mass is 9.72. The van der Waals surface area contributed by atoms with E-state index in [2.05, 4.69) is 57.5 Å². The summed E-state index contributed by atoms with van der Waals surface area (Å²) in [4.78, 5) is 22.3. The monoisotopic (exact) mass is 430 g/mol. The fourth-order valence-electron chi connectivity index (χ4n) is 5.41. The van der Waals surface area contributed by atoms with Gasteiger partial charge in [-0.15, -0.1) is 0 Å². The van der Waals surface area contributed by atoms with Gasteiger partial charge in [0.2, 0.25) is 11.8 Å². The number of fused-ring (bicyclic) bond motifs is 1. The zero-order valence-corrected chi connectivity index (χ0v) is 18.6. The predicted octanol–water partition coefficient (Wildman–Crippen LogP) is 3.61. The van der Waals surface area contributed by atoms with Crippen LogP contribution in [0.15, 0.2) is 65.2 Å². The van der Waals surface area contributed by atoms with Crippen LogP contribution in [-0.2, 0) is 23.2 Å². The Balaban J connectivity index is 1.34. The molecule has 5 rings (SSSR count). The molecular weight excluding hydrogens is 400 g/mol. The Bertz CT molecular complexity index is 1050. The second-order valence-electron chi connectivity index (χ2n) is 9.23. The molecule has 1 aromatic heterocycles. The van der Waals surface area contributed by atoms with Crippen molar-refractivity contribution in [3.63, 3.8) is 0 Å². The molecular formula is C26H30N4O2. The van der Waals surface area contributed by atoms with E-state index < -0.39 is 0 Å². The van der Waals surface area contributed by atoms with Gasteiger partial charge in [-0.1, -0.05) is 65.8 Å². The molecule has 0 N–H and O–H groups in total. The first kappa shape index (κ1) is 20.9. The number of piperidine rings is 1. The molecule has 0 bridgehead atoms. The first-order valence-corrected chi connectivity index (χ1v) is 11.5. The third-order valence-electron chi connectivity index (χ3n) is 7.03. The van der Waals surface area contributed by atoms with Crippen LogP contribution >= 0.6 is 0 Å². The molecule has 6 nitrogen and oxygen atoms in total. The van der Waals surface area contributed by atoms with Gasteiger partial charge in [0.25, 0.3) is 0 Å². The smallest absolute Gasteiger partial charge is 0.223 e. The van der Waals surface area contributed by atoms with E-state index in [-0.39, 0.29) is 11.3 Å². The van der Waals surface area contributed by atoms with E-state index in [1.54, 1.807) is 0 Å². The highest BCUT2D eigenvalue weighted by molar-refractivity contribution is 5.76. The van der Waals surface area contributed by atoms with Crippen LogP contribution in [0.4, 0.5) is 0 Å². The Kier molecular flexibility index (Phi) is 5.79. The molecule has 2 aliphatic rings. The number of hydrogen-bond acceptors (Lipinski definition) is 5. The maximum atomic E-state index is 13.2. The summed E-state index contributed by atoms with van der Waals surface area (Å²) in [6.45, 7) is 6.04. The number of rotatable bonds is 6. The highest BCUT2D eigenvalue weighted by Crippen LogP contribution is 2.44. The number of aromatic nitrogens is 2. The van der Waals surface area contributed by atoms with Gasteiger partial charge >= 0.3 is 0 Å². The van der Waals surface area contributed by atoms with Crippen LogP contribution in [-0.4, -0.2) is 52.0 Å². The lowest BCUT2D eigenvalue weighted by Crippen LogP contribution is -2.54. The molecule has 0 unspecified atom stereocenters. The van der Waals surface area contributed by atoms with Crippen molar-refractivity contribution in [2.24, 2.45) is 5.92 Å². The standard InChI is InChI=1S/C26H30N4O2/c1-20-27-25(28-32-20)26-18-29(16-22-10-6-3-7-11-22)17-23(26)14-15-30(19-26)24(31)13-12-21-8-4-2-5-9-21/h2-11,23H,12-19H2,1H3/t23-,26+/m0/s1. The maximum Gasteiger partial charge on any atom is 0.223 e. The minimum absolute atomic E-state index is 0.216. The van der Waals surface area contributed by atoms with Gasteiger partial charge in [0.05, 0.1) is 5.41 Å². The number of carbonyl (C=O) groups is 1. The Morgan fingerprint density at radius 2 is 1.78 bits per heavy atom. The van der Waals surface area contributed by atoms with Gasteiger partial charge in [-0.25, -0.2) is 0 Å². The molecule has 0 spiro atoms. The summed E-state index contributed by atoms with van der Waals surface area (Å²) in [5.74, 6) is 1.98. The largest absolute Gasteiger partial charge is 0.342 e. The highest BCUT2D eigenvalue weighted by atomic mass is 16.5. The van der Waals surface area contributed by atoms with Crippen molar-refractivity contribution >= 4 is 5.91 Å². The second-order valence-corrected chi connectivity index (χ2v) is 9.23. The molecule has 0 radical (unpaired) electrons. The third-order valence-corrected chi connectivity index (χ3v) is 7.03. The molecule has 2 atom stereocenters. The third kappa shape index (κ3) is 4.19. The summed E-state index contributed by atoms with van der Waals surface area (Å²) in [6, 6.07) is 20.8. The summed E-state index contributed by atoms with van der Waals surface area (Å²) >= 11 is 0. The summed E-state index contributed by atoms with van der Waals surface area (Å²) < 4.78 is 5.39. The summed E-state index contributed by atoms with van der Waals surface area (Å²) in [5.41, 5.74) is 2.24. The fourth-order valence-corrected chi connectivity index (χ4v) is 5.41. The summed E-state index contributed by atoms with van der Waals surface area (Å²) in [5, 5.41) is 4.35. The SMILES string of the molecule is Cc1nc([C@@]23CN(Cc4ccccc4)C[C@@H]2CCN(C(=O)CCc2ccccc2)C3)no1. The van der Waals surface area contributed by atoms with Crippen LogP contribution in [0.1, 0.15) is 35.7 Å². The Morgan fingerprint density at radius 1 is 1.06 bits per heavy atom. The zero-order valence-electron chi connectivity index (χ0n) is 18.6. The summed E-state index contributed by atoms with van der Waals surface area (Å²) in [6.07, 6.45) is 2.27. The minimum atomic E-state index is -0.271. The van der Waals surface area contributed by atoms with Crippen LogP contribution in [0.3, 0.4) is 0 Å². The molecule has 3 heterocycles. The highest BCUT2D eigenvalue weighted by Gasteiger charge is 2.54. The van der Waals surface area contributed by atoms with Crippen molar-refractivity contribution in [1.29, 1.82) is 0 Å². The number of amides is 1. The van der Waals surface area contributed by atoms with Gasteiger partial charge < -0.3 is 9.42 Å². The quantitative estimate of drug-likeness (QED) is 0.598. The zero-order chi connectivity index (χ0) is 22.0. The number of carbonyl (C=O) groups excluding carboxylic acids is 1. The second kappa shape index (κ2) is 8.87. The minimum Gasteiger partial charge on any atom is -0.342 e. The number of nitrogens with zero attached hydrogens (tertiary/aromatic N) is 4. The molecule has 2 fully saturated rings. The predicted molar refractivity (Wildman–Crippen MR) is 122 cm³/mol. The van der Waals surface area contributed by atoms with Crippen molar-refractivity contribution in [2.75, 3.05) is 26.2 Å². The van der Waals surface area contributed by atoms with Crippen molar-refractivity contribution in [2.45, 2.75) is 38.1 Å². The lowest BCUT2D eigenvalue weighted by molar-refractivity contribution is -0.134. The topological polar surface area (TPSA) is 62.5 Å². The van der Waals surface area contributed by atoms with E-state index in [4.69, 9.17) is 4.52 Å². The summed E-state index contributed by atoms with van der Waals surface area (Å²) in [7, 11) is 0. The molecule has 2 saturated heterocycles. The molecule has 1 amide bonds. The number of likely N-dealkylation sites (tertiary alicyclic amines) is 2. The van der Waals surface area contributed by atoms with Crippen LogP contribution in [0, 0.1) is 12.8 Å². The molecule has 3 aromatic rings. The first-order valence-electron chi connectivity index (χ1n) is 11.5. The van der Waals surface area contributed by atoms with Crippen molar-refractivity contribution < 1.29 is 9.32 Å². The molecule has 0 aliphatic carbocycles. The molecule has 32 heavy (non-hydrogen) atoms. The van der Waals surface area contributed by atoms with Gasteiger partial charge in [0.15, 0.2) is 5.82 Å². The van der Waals surface area contributed by atoms with Gasteiger partial charge in [0, 0.05) is 46.1 Å². The molecule has 6 heteroatoms. The van der Waals surface area contributed by atoms with Gasteiger partial charge in [-0.3, -0.25) is 9.69 Å². The van der Waals surface area contributed by atoms with Gasteiger partial charge in [-0.2, -0.15) is 4.98 Å². The average molecular weight is 431 g/mol. The maximum absolute atomic E-state index is 13.2. The molecule has 2 aliphatic heterocycles. The average Bonchev–Trinajstić information content (AvgIpc) is 3.42. The fraction of sp³-hybridized carbons (Fsp3) is 0.423. The van der Waals surface area contributed by atoms with Crippen LogP contribution in [0.5, 0.6) is 0 Å². The van der Waals surface area contributed by atoms with E-state index in [0.717, 1.165) is 44.8 Å². The Hall–Kier alpha value is -2.99. The van der Waals surface area contributed by atoms with Crippen molar-refractivity contribution in [3.8, 4) is 0 Å². The van der Waals surface area contributed by atoms with Crippen LogP contribution in [0.25, 0.3) is 0 Å². The van der Waals surface area contributed by atoms with E-state index >= 15 is 0 Å².